The van der Waals surface area contributed by atoms with Crippen molar-refractivity contribution in [3.05, 3.63) is 82.6 Å². The van der Waals surface area contributed by atoms with E-state index in [1.165, 1.54) is 9.58 Å². The van der Waals surface area contributed by atoms with Crippen LogP contribution < -0.4 is 0 Å². The maximum Gasteiger partial charge on any atom is 0.344 e. The summed E-state index contributed by atoms with van der Waals surface area (Å²) in [7, 11) is 1.67. The van der Waals surface area contributed by atoms with E-state index in [-0.39, 0.29) is 16.6 Å². The van der Waals surface area contributed by atoms with Gasteiger partial charge in [0.2, 0.25) is 0 Å². The molecule has 0 aliphatic heterocycles. The molecule has 1 heterocycles. The smallest absolute Gasteiger partial charge is 0.344 e. The van der Waals surface area contributed by atoms with Gasteiger partial charge in [-0.3, -0.25) is 4.79 Å². The van der Waals surface area contributed by atoms with Gasteiger partial charge in [-0.15, -0.1) is 0 Å². The molecule has 2 aromatic carbocycles. The van der Waals surface area contributed by atoms with E-state index in [2.05, 4.69) is 5.10 Å². The Kier molecular flexibility index (Phi) is 6.34. The Balaban J connectivity index is 1.71. The summed E-state index contributed by atoms with van der Waals surface area (Å²) in [5, 5.41) is 4.48. The van der Waals surface area contributed by atoms with Crippen LogP contribution in [-0.2, 0) is 16.1 Å². The Morgan fingerprint density at radius 2 is 1.69 bits per heavy atom. The number of amides is 1. The Bertz CT molecular complexity index is 1000. The molecule has 0 aliphatic carbocycles. The normalized spacial score (nSPS) is 11.7. The highest BCUT2D eigenvalue weighted by Crippen LogP contribution is 2.24. The third-order valence-corrected chi connectivity index (χ3v) is 4.83. The fourth-order valence-electron chi connectivity index (χ4n) is 2.99. The fraction of sp³-hybridized carbons (Fsp3) is 0.227. The summed E-state index contributed by atoms with van der Waals surface area (Å²) >= 11 is 6.40. The molecule has 0 aliphatic rings. The number of ether oxygens (including phenoxy) is 1. The van der Waals surface area contributed by atoms with Gasteiger partial charge in [0, 0.05) is 13.6 Å². The van der Waals surface area contributed by atoms with Gasteiger partial charge >= 0.3 is 5.97 Å². The molecule has 29 heavy (non-hydrogen) atoms. The van der Waals surface area contributed by atoms with E-state index in [0.29, 0.717) is 12.2 Å². The molecule has 0 bridgehead atoms. The number of aromatic nitrogens is 2. The summed E-state index contributed by atoms with van der Waals surface area (Å²) < 4.78 is 6.87. The first-order valence-electron chi connectivity index (χ1n) is 9.19. The Morgan fingerprint density at radius 3 is 2.31 bits per heavy atom. The number of hydrogen-bond acceptors (Lipinski definition) is 4. The number of likely N-dealkylation sites (N-methyl/N-ethyl adjacent to an activating group) is 1. The second-order valence-electron chi connectivity index (χ2n) is 6.73. The molecule has 1 atom stereocenters. The van der Waals surface area contributed by atoms with Gasteiger partial charge in [-0.05, 0) is 31.5 Å². The van der Waals surface area contributed by atoms with Gasteiger partial charge in [-0.25, -0.2) is 9.48 Å². The second-order valence-corrected chi connectivity index (χ2v) is 7.08. The van der Waals surface area contributed by atoms with Crippen LogP contribution >= 0.6 is 11.6 Å². The van der Waals surface area contributed by atoms with Gasteiger partial charge in [0.25, 0.3) is 5.91 Å². The minimum Gasteiger partial charge on any atom is -0.449 e. The van der Waals surface area contributed by atoms with E-state index in [0.717, 1.165) is 11.3 Å². The molecule has 7 heteroatoms. The summed E-state index contributed by atoms with van der Waals surface area (Å²) in [4.78, 5) is 26.8. The third-order valence-electron chi connectivity index (χ3n) is 4.48. The Hall–Kier alpha value is -3.12. The number of carbonyl (C=O) groups excluding carboxylic acids is 2. The molecule has 3 aromatic rings. The molecule has 0 N–H and O–H groups in total. The van der Waals surface area contributed by atoms with Crippen LogP contribution in [-0.4, -0.2) is 39.7 Å². The van der Waals surface area contributed by atoms with Gasteiger partial charge in [0.15, 0.2) is 6.10 Å². The lowest BCUT2D eigenvalue weighted by atomic mass is 10.2. The third kappa shape index (κ3) is 4.66. The van der Waals surface area contributed by atoms with Crippen molar-refractivity contribution in [2.75, 3.05) is 7.05 Å². The zero-order valence-electron chi connectivity index (χ0n) is 16.5. The summed E-state index contributed by atoms with van der Waals surface area (Å²) in [6.07, 6.45) is -0.952. The van der Waals surface area contributed by atoms with Crippen LogP contribution in [0.25, 0.3) is 5.69 Å². The first-order valence-corrected chi connectivity index (χ1v) is 9.56. The highest BCUT2D eigenvalue weighted by molar-refractivity contribution is 6.33. The lowest BCUT2D eigenvalue weighted by molar-refractivity contribution is -0.139. The number of halogens is 1. The van der Waals surface area contributed by atoms with Crippen molar-refractivity contribution in [2.24, 2.45) is 0 Å². The number of benzene rings is 2. The zero-order valence-corrected chi connectivity index (χ0v) is 17.3. The zero-order chi connectivity index (χ0) is 21.0. The average molecular weight is 412 g/mol. The molecule has 3 rings (SSSR count). The molecule has 1 aromatic heterocycles. The van der Waals surface area contributed by atoms with Crippen molar-refractivity contribution in [1.29, 1.82) is 0 Å². The first kappa shape index (κ1) is 20.6. The van der Waals surface area contributed by atoms with Crippen molar-refractivity contribution < 1.29 is 14.3 Å². The summed E-state index contributed by atoms with van der Waals surface area (Å²) in [5.74, 6) is -0.977. The van der Waals surface area contributed by atoms with Crippen LogP contribution in [0.15, 0.2) is 60.7 Å². The number of aryl methyl sites for hydroxylation is 1. The lowest BCUT2D eigenvalue weighted by Gasteiger charge is -2.21. The minimum absolute atomic E-state index is 0.149. The molecule has 6 nitrogen and oxygen atoms in total. The van der Waals surface area contributed by atoms with Gasteiger partial charge < -0.3 is 9.64 Å². The van der Waals surface area contributed by atoms with Crippen molar-refractivity contribution in [3.63, 3.8) is 0 Å². The summed E-state index contributed by atoms with van der Waals surface area (Å²) in [5.41, 5.74) is 2.30. The lowest BCUT2D eigenvalue weighted by Crippen LogP contribution is -2.37. The number of nitrogens with zero attached hydrogens (tertiary/aromatic N) is 3. The van der Waals surface area contributed by atoms with Crippen molar-refractivity contribution in [1.82, 2.24) is 14.7 Å². The van der Waals surface area contributed by atoms with Crippen LogP contribution in [0.3, 0.4) is 0 Å². The highest BCUT2D eigenvalue weighted by Gasteiger charge is 2.27. The van der Waals surface area contributed by atoms with Crippen LogP contribution in [0.4, 0.5) is 0 Å². The van der Waals surface area contributed by atoms with E-state index < -0.39 is 12.1 Å². The molecule has 0 saturated heterocycles. The number of hydrogen-bond donors (Lipinski definition) is 0. The predicted octanol–water partition coefficient (Wildman–Crippen LogP) is 4.04. The van der Waals surface area contributed by atoms with Crippen LogP contribution in [0.2, 0.25) is 5.15 Å². The number of carbonyl (C=O) groups is 2. The maximum atomic E-state index is 12.7. The molecule has 0 saturated carbocycles. The predicted molar refractivity (Wildman–Crippen MR) is 111 cm³/mol. The SMILES string of the molecule is Cc1nn(-c2ccccc2)c(Cl)c1C(=O)O[C@@H](C)C(=O)N(C)Cc1ccccc1. The molecular formula is C22H22ClN3O3. The van der Waals surface area contributed by atoms with E-state index in [9.17, 15) is 9.59 Å². The summed E-state index contributed by atoms with van der Waals surface area (Å²) in [6.45, 7) is 3.65. The number of esters is 1. The molecule has 0 spiro atoms. The van der Waals surface area contributed by atoms with E-state index in [1.807, 2.05) is 60.7 Å². The molecular weight excluding hydrogens is 390 g/mol. The van der Waals surface area contributed by atoms with Crippen molar-refractivity contribution in [2.45, 2.75) is 26.5 Å². The van der Waals surface area contributed by atoms with Gasteiger partial charge in [-0.2, -0.15) is 5.10 Å². The van der Waals surface area contributed by atoms with Crippen LogP contribution in [0, 0.1) is 6.92 Å². The maximum absolute atomic E-state index is 12.7. The van der Waals surface area contributed by atoms with Crippen molar-refractivity contribution in [3.8, 4) is 5.69 Å². The van der Waals surface area contributed by atoms with Crippen molar-refractivity contribution >= 4 is 23.5 Å². The minimum atomic E-state index is -0.952. The Labute approximate surface area is 174 Å². The topological polar surface area (TPSA) is 64.4 Å². The van der Waals surface area contributed by atoms with E-state index in [4.69, 9.17) is 16.3 Å². The summed E-state index contributed by atoms with van der Waals surface area (Å²) in [6, 6.07) is 18.8. The Morgan fingerprint density at radius 1 is 1.10 bits per heavy atom. The average Bonchev–Trinajstić information content (AvgIpc) is 3.02. The molecule has 0 radical (unpaired) electrons. The second kappa shape index (κ2) is 8.92. The quantitative estimate of drug-likeness (QED) is 0.574. The molecule has 0 fully saturated rings. The van der Waals surface area contributed by atoms with Gasteiger partial charge in [0.05, 0.1) is 11.4 Å². The van der Waals surface area contributed by atoms with E-state index >= 15 is 0 Å². The van der Waals surface area contributed by atoms with Crippen LogP contribution in [0.1, 0.15) is 28.5 Å². The van der Waals surface area contributed by atoms with Gasteiger partial charge in [-0.1, -0.05) is 60.1 Å². The van der Waals surface area contributed by atoms with E-state index in [1.54, 1.807) is 20.9 Å². The molecule has 150 valence electrons. The number of para-hydroxylation sites is 1. The highest BCUT2D eigenvalue weighted by atomic mass is 35.5. The largest absolute Gasteiger partial charge is 0.449 e. The first-order chi connectivity index (χ1) is 13.9. The standard InChI is InChI=1S/C22H22ClN3O3/c1-15-19(20(23)26(24-15)18-12-8-5-9-13-18)22(28)29-16(2)21(27)25(3)14-17-10-6-4-7-11-17/h4-13,16H,14H2,1-3H3/t16-/m0/s1. The monoisotopic (exact) mass is 411 g/mol. The van der Waals surface area contributed by atoms with Crippen LogP contribution in [0.5, 0.6) is 0 Å². The van der Waals surface area contributed by atoms with Gasteiger partial charge in [0.1, 0.15) is 10.7 Å². The molecule has 1 amide bonds. The fourth-order valence-corrected chi connectivity index (χ4v) is 3.34. The molecule has 0 unspecified atom stereocenters. The number of rotatable bonds is 6.